The Bertz CT molecular complexity index is 1380. The molecule has 0 aliphatic carbocycles. The zero-order valence-electron chi connectivity index (χ0n) is 22.7. The maximum atomic E-state index is 13.6. The fourth-order valence-electron chi connectivity index (χ4n) is 4.38. The Kier molecular flexibility index (Phi) is 9.26. The van der Waals surface area contributed by atoms with Gasteiger partial charge in [-0.2, -0.15) is 5.10 Å². The number of amides is 2. The predicted octanol–water partition coefficient (Wildman–Crippen LogP) is 6.90. The standard InChI is InChI=1S/C32H35FN4O2/c1-4-5-7-10-24-13-15-26(16-14-24)32(39)36(23(2)3)22-31(38)34-30-21-29(25-11-8-6-9-12-25)35-37(30)28-19-17-27(33)18-20-28/h6,8-9,11-21,23H,4-5,7,10,22H2,1-3H3,(H,34,38). The normalized spacial score (nSPS) is 11.0. The molecule has 202 valence electrons. The monoisotopic (exact) mass is 526 g/mol. The Labute approximate surface area is 229 Å². The number of rotatable bonds is 11. The Morgan fingerprint density at radius 2 is 1.64 bits per heavy atom. The summed E-state index contributed by atoms with van der Waals surface area (Å²) >= 11 is 0. The summed E-state index contributed by atoms with van der Waals surface area (Å²) in [5.41, 5.74) is 3.90. The van der Waals surface area contributed by atoms with E-state index in [2.05, 4.69) is 17.3 Å². The molecule has 0 atom stereocenters. The predicted molar refractivity (Wildman–Crippen MR) is 153 cm³/mol. The number of anilines is 1. The minimum Gasteiger partial charge on any atom is -0.327 e. The summed E-state index contributed by atoms with van der Waals surface area (Å²) in [4.78, 5) is 28.1. The minimum atomic E-state index is -0.361. The van der Waals surface area contributed by atoms with Gasteiger partial charge in [-0.3, -0.25) is 9.59 Å². The third-order valence-electron chi connectivity index (χ3n) is 6.59. The summed E-state index contributed by atoms with van der Waals surface area (Å²) < 4.78 is 15.1. The third kappa shape index (κ3) is 7.19. The summed E-state index contributed by atoms with van der Waals surface area (Å²) in [6, 6.07) is 24.7. The van der Waals surface area contributed by atoms with Crippen LogP contribution < -0.4 is 5.32 Å². The van der Waals surface area contributed by atoms with Crippen molar-refractivity contribution in [1.29, 1.82) is 0 Å². The highest BCUT2D eigenvalue weighted by atomic mass is 19.1. The highest BCUT2D eigenvalue weighted by Gasteiger charge is 2.23. The van der Waals surface area contributed by atoms with Gasteiger partial charge in [0.2, 0.25) is 5.91 Å². The molecule has 7 heteroatoms. The first-order chi connectivity index (χ1) is 18.9. The van der Waals surface area contributed by atoms with Crippen molar-refractivity contribution in [3.63, 3.8) is 0 Å². The van der Waals surface area contributed by atoms with Gasteiger partial charge in [-0.1, -0.05) is 62.2 Å². The third-order valence-corrected chi connectivity index (χ3v) is 6.59. The lowest BCUT2D eigenvalue weighted by Gasteiger charge is -2.26. The lowest BCUT2D eigenvalue weighted by molar-refractivity contribution is -0.117. The van der Waals surface area contributed by atoms with Gasteiger partial charge in [0.1, 0.15) is 18.2 Å². The number of aryl methyl sites for hydroxylation is 1. The molecule has 0 aliphatic heterocycles. The average Bonchev–Trinajstić information content (AvgIpc) is 3.36. The van der Waals surface area contributed by atoms with Gasteiger partial charge in [-0.25, -0.2) is 9.07 Å². The van der Waals surface area contributed by atoms with Crippen LogP contribution in [0.3, 0.4) is 0 Å². The van der Waals surface area contributed by atoms with Crippen LogP contribution in [0.4, 0.5) is 10.2 Å². The van der Waals surface area contributed by atoms with Crippen LogP contribution >= 0.6 is 0 Å². The zero-order chi connectivity index (χ0) is 27.8. The molecule has 0 unspecified atom stereocenters. The minimum absolute atomic E-state index is 0.121. The first kappa shape index (κ1) is 27.8. The van der Waals surface area contributed by atoms with Gasteiger partial charge < -0.3 is 10.2 Å². The van der Waals surface area contributed by atoms with E-state index in [0.717, 1.165) is 18.4 Å². The van der Waals surface area contributed by atoms with E-state index in [-0.39, 0.29) is 30.2 Å². The largest absolute Gasteiger partial charge is 0.327 e. The maximum absolute atomic E-state index is 13.6. The van der Waals surface area contributed by atoms with E-state index in [4.69, 9.17) is 0 Å². The second kappa shape index (κ2) is 13.0. The van der Waals surface area contributed by atoms with Gasteiger partial charge >= 0.3 is 0 Å². The number of halogens is 1. The van der Waals surface area contributed by atoms with Crippen molar-refractivity contribution in [2.45, 2.75) is 52.5 Å². The quantitative estimate of drug-likeness (QED) is 0.216. The van der Waals surface area contributed by atoms with Gasteiger partial charge in [0.15, 0.2) is 0 Å². The van der Waals surface area contributed by atoms with Gasteiger partial charge in [0.25, 0.3) is 5.91 Å². The highest BCUT2D eigenvalue weighted by molar-refractivity contribution is 5.99. The van der Waals surface area contributed by atoms with Crippen LogP contribution in [0.5, 0.6) is 0 Å². The van der Waals surface area contributed by atoms with Crippen LogP contribution in [0.1, 0.15) is 56.0 Å². The summed E-state index contributed by atoms with van der Waals surface area (Å²) in [6.07, 6.45) is 4.47. The fourth-order valence-corrected chi connectivity index (χ4v) is 4.38. The molecule has 0 bridgehead atoms. The molecule has 6 nitrogen and oxygen atoms in total. The van der Waals surface area contributed by atoms with Crippen molar-refractivity contribution < 1.29 is 14.0 Å². The first-order valence-corrected chi connectivity index (χ1v) is 13.5. The van der Waals surface area contributed by atoms with Crippen molar-refractivity contribution in [2.24, 2.45) is 0 Å². The number of unbranched alkanes of at least 4 members (excludes halogenated alkanes) is 2. The molecular formula is C32H35FN4O2. The number of aromatic nitrogens is 2. The van der Waals surface area contributed by atoms with Crippen LogP contribution in [-0.4, -0.2) is 39.1 Å². The molecule has 3 aromatic carbocycles. The van der Waals surface area contributed by atoms with Crippen LogP contribution in [0, 0.1) is 5.82 Å². The lowest BCUT2D eigenvalue weighted by Crippen LogP contribution is -2.42. The summed E-state index contributed by atoms with van der Waals surface area (Å²) in [7, 11) is 0. The summed E-state index contributed by atoms with van der Waals surface area (Å²) in [6.45, 7) is 5.84. The number of carbonyl (C=O) groups is 2. The second-order valence-corrected chi connectivity index (χ2v) is 9.90. The van der Waals surface area contributed by atoms with E-state index >= 15 is 0 Å². The highest BCUT2D eigenvalue weighted by Crippen LogP contribution is 2.25. The molecule has 4 rings (SSSR count). The molecule has 0 aliphatic rings. The van der Waals surface area contributed by atoms with E-state index in [1.807, 2.05) is 68.4 Å². The number of hydrogen-bond acceptors (Lipinski definition) is 3. The van der Waals surface area contributed by atoms with Crippen molar-refractivity contribution >= 4 is 17.6 Å². The first-order valence-electron chi connectivity index (χ1n) is 13.5. The maximum Gasteiger partial charge on any atom is 0.254 e. The number of nitrogens with zero attached hydrogens (tertiary/aromatic N) is 3. The molecule has 0 spiro atoms. The summed E-state index contributed by atoms with van der Waals surface area (Å²) in [5, 5.41) is 7.58. The van der Waals surface area contributed by atoms with Gasteiger partial charge in [-0.05, 0) is 68.7 Å². The van der Waals surface area contributed by atoms with E-state index in [0.29, 0.717) is 22.8 Å². The molecule has 4 aromatic rings. The number of carbonyl (C=O) groups excluding carboxylic acids is 2. The lowest BCUT2D eigenvalue weighted by atomic mass is 10.0. The molecular weight excluding hydrogens is 491 g/mol. The van der Waals surface area contributed by atoms with Crippen LogP contribution in [0.15, 0.2) is 84.9 Å². The van der Waals surface area contributed by atoms with Gasteiger partial charge in [0, 0.05) is 23.2 Å². The van der Waals surface area contributed by atoms with Crippen LogP contribution in [0.25, 0.3) is 16.9 Å². The fraction of sp³-hybridized carbons (Fsp3) is 0.281. The van der Waals surface area contributed by atoms with E-state index in [1.54, 1.807) is 27.8 Å². The molecule has 1 heterocycles. The molecule has 0 radical (unpaired) electrons. The number of nitrogens with one attached hydrogen (secondary N) is 1. The molecule has 0 fully saturated rings. The van der Waals surface area contributed by atoms with Crippen molar-refractivity contribution in [3.8, 4) is 16.9 Å². The van der Waals surface area contributed by atoms with Crippen molar-refractivity contribution in [1.82, 2.24) is 14.7 Å². The molecule has 1 aromatic heterocycles. The zero-order valence-corrected chi connectivity index (χ0v) is 22.7. The summed E-state index contributed by atoms with van der Waals surface area (Å²) in [5.74, 6) is -0.480. The van der Waals surface area contributed by atoms with Crippen LogP contribution in [0.2, 0.25) is 0 Å². The molecule has 0 saturated heterocycles. The molecule has 2 amide bonds. The van der Waals surface area contributed by atoms with E-state index in [9.17, 15) is 14.0 Å². The number of hydrogen-bond donors (Lipinski definition) is 1. The smallest absolute Gasteiger partial charge is 0.254 e. The van der Waals surface area contributed by atoms with Crippen molar-refractivity contribution in [3.05, 3.63) is 102 Å². The molecule has 39 heavy (non-hydrogen) atoms. The SMILES string of the molecule is CCCCCc1ccc(C(=O)N(CC(=O)Nc2cc(-c3ccccc3)nn2-c2ccc(F)cc2)C(C)C)cc1. The van der Waals surface area contributed by atoms with Gasteiger partial charge in [-0.15, -0.1) is 0 Å². The van der Waals surface area contributed by atoms with E-state index in [1.165, 1.54) is 30.5 Å². The Morgan fingerprint density at radius 3 is 2.28 bits per heavy atom. The average molecular weight is 527 g/mol. The van der Waals surface area contributed by atoms with E-state index < -0.39 is 0 Å². The van der Waals surface area contributed by atoms with Crippen LogP contribution in [-0.2, 0) is 11.2 Å². The molecule has 1 N–H and O–H groups in total. The Balaban J connectivity index is 1.52. The number of benzene rings is 3. The molecule has 0 saturated carbocycles. The van der Waals surface area contributed by atoms with Crippen molar-refractivity contribution in [2.75, 3.05) is 11.9 Å². The topological polar surface area (TPSA) is 67.2 Å². The van der Waals surface area contributed by atoms with Gasteiger partial charge in [0.05, 0.1) is 11.4 Å². The Hall–Kier alpha value is -4.26. The Morgan fingerprint density at radius 1 is 0.949 bits per heavy atom. The second-order valence-electron chi connectivity index (χ2n) is 9.90.